The Balaban J connectivity index is 2.24. The van der Waals surface area contributed by atoms with Crippen LogP contribution in [0.2, 0.25) is 0 Å². The van der Waals surface area contributed by atoms with Gasteiger partial charge in [-0.3, -0.25) is 4.98 Å². The van der Waals surface area contributed by atoms with E-state index in [4.69, 9.17) is 0 Å². The Bertz CT molecular complexity index is 1150. The molecule has 0 fully saturated rings. The van der Waals surface area contributed by atoms with Gasteiger partial charge >= 0.3 is 6.97 Å². The van der Waals surface area contributed by atoms with Crippen molar-refractivity contribution in [3.63, 3.8) is 0 Å². The predicted octanol–water partition coefficient (Wildman–Crippen LogP) is 5.58. The Morgan fingerprint density at radius 1 is 1.07 bits per heavy atom. The molecule has 2 aromatic heterocycles. The van der Waals surface area contributed by atoms with Crippen LogP contribution in [0.5, 0.6) is 0 Å². The molecule has 2 aliphatic rings. The Labute approximate surface area is 171 Å². The summed E-state index contributed by atoms with van der Waals surface area (Å²) in [4.78, 5) is 4.62. The first kappa shape index (κ1) is 19.8. The molecule has 4 rings (SSSR count). The van der Waals surface area contributed by atoms with Crippen molar-refractivity contribution in [2.24, 2.45) is 0 Å². The Kier molecular flexibility index (Phi) is 4.45. The minimum atomic E-state index is -3.98. The molecule has 2 aromatic rings. The van der Waals surface area contributed by atoms with Gasteiger partial charge in [-0.2, -0.15) is 0 Å². The van der Waals surface area contributed by atoms with Crippen LogP contribution in [-0.2, 0) is 6.42 Å². The third kappa shape index (κ3) is 2.47. The first-order valence-electron chi connectivity index (χ1n) is 10.4. The SMILES string of the molecule is CCC1=C(C)C2=C(c3cc(C)ccn3)c3c(C)c(CC)c(C)n3[B-](F)(F)[N+]2=C1C. The van der Waals surface area contributed by atoms with Crippen LogP contribution in [0.15, 0.2) is 35.2 Å². The fraction of sp³-hybridized carbons (Fsp3) is 0.391. The molecule has 3 nitrogen and oxygen atoms in total. The second-order valence-electron chi connectivity index (χ2n) is 8.20. The van der Waals surface area contributed by atoms with Gasteiger partial charge in [0.15, 0.2) is 5.70 Å². The number of rotatable bonds is 3. The van der Waals surface area contributed by atoms with Gasteiger partial charge in [-0.05, 0) is 75.1 Å². The van der Waals surface area contributed by atoms with Gasteiger partial charge in [-0.15, -0.1) is 0 Å². The van der Waals surface area contributed by atoms with E-state index in [-0.39, 0.29) is 0 Å². The quantitative estimate of drug-likeness (QED) is 0.622. The molecule has 29 heavy (non-hydrogen) atoms. The van der Waals surface area contributed by atoms with E-state index in [1.54, 1.807) is 6.20 Å². The molecule has 2 aliphatic heterocycles. The Hall–Kier alpha value is -2.50. The van der Waals surface area contributed by atoms with E-state index in [1.165, 1.54) is 8.96 Å². The summed E-state index contributed by atoms with van der Waals surface area (Å²) in [7, 11) is 0. The summed E-state index contributed by atoms with van der Waals surface area (Å²) >= 11 is 0. The van der Waals surface area contributed by atoms with Crippen molar-refractivity contribution in [3.05, 3.63) is 68.9 Å². The van der Waals surface area contributed by atoms with Gasteiger partial charge in [-0.25, -0.2) is 0 Å². The van der Waals surface area contributed by atoms with E-state index in [2.05, 4.69) is 4.98 Å². The maximum absolute atomic E-state index is 16.1. The normalized spacial score (nSPS) is 18.0. The summed E-state index contributed by atoms with van der Waals surface area (Å²) in [5.74, 6) is 0. The molecule has 0 bridgehead atoms. The smallest absolute Gasteiger partial charge is 0.393 e. The predicted molar refractivity (Wildman–Crippen MR) is 116 cm³/mol. The number of aryl methyl sites for hydroxylation is 1. The zero-order chi connectivity index (χ0) is 21.2. The van der Waals surface area contributed by atoms with Crippen LogP contribution in [0, 0.1) is 20.8 Å². The molecule has 0 amide bonds. The number of nitrogens with zero attached hydrogens (tertiary/aromatic N) is 3. The average molecular weight is 395 g/mol. The monoisotopic (exact) mass is 395 g/mol. The van der Waals surface area contributed by atoms with E-state index in [0.29, 0.717) is 22.8 Å². The van der Waals surface area contributed by atoms with Gasteiger partial charge in [0.1, 0.15) is 5.71 Å². The molecule has 6 heteroatoms. The lowest BCUT2D eigenvalue weighted by Gasteiger charge is -2.33. The first-order chi connectivity index (χ1) is 13.7. The van der Waals surface area contributed by atoms with Crippen LogP contribution in [0.3, 0.4) is 0 Å². The number of allylic oxidation sites excluding steroid dienone is 2. The molecule has 0 saturated heterocycles. The number of halogens is 2. The Morgan fingerprint density at radius 2 is 1.76 bits per heavy atom. The van der Waals surface area contributed by atoms with Crippen molar-refractivity contribution >= 4 is 18.3 Å². The molecular weight excluding hydrogens is 367 g/mol. The zero-order valence-electron chi connectivity index (χ0n) is 18.3. The van der Waals surface area contributed by atoms with Gasteiger partial charge in [-0.1, -0.05) is 13.8 Å². The third-order valence-corrected chi connectivity index (χ3v) is 6.67. The largest absolute Gasteiger partial charge is 0.737 e. The summed E-state index contributed by atoms with van der Waals surface area (Å²) in [6.07, 6.45) is 3.22. The molecule has 0 unspecified atom stereocenters. The topological polar surface area (TPSA) is 20.8 Å². The van der Waals surface area contributed by atoms with Crippen LogP contribution >= 0.6 is 0 Å². The molecule has 0 atom stereocenters. The van der Waals surface area contributed by atoms with E-state index in [1.807, 2.05) is 60.6 Å². The van der Waals surface area contributed by atoms with Crippen LogP contribution in [0.1, 0.15) is 67.9 Å². The molecule has 0 saturated carbocycles. The van der Waals surface area contributed by atoms with Gasteiger partial charge < -0.3 is 17.6 Å². The molecule has 0 aromatic carbocycles. The summed E-state index contributed by atoms with van der Waals surface area (Å²) in [5.41, 5.74) is 9.08. The van der Waals surface area contributed by atoms with Gasteiger partial charge in [0.2, 0.25) is 0 Å². The number of pyridine rings is 1. The maximum atomic E-state index is 16.1. The molecular formula is C23H28BF2N3. The second-order valence-corrected chi connectivity index (χ2v) is 8.20. The highest BCUT2D eigenvalue weighted by Crippen LogP contribution is 2.46. The number of fused-ring (bicyclic) bond motifs is 2. The third-order valence-electron chi connectivity index (χ3n) is 6.67. The highest BCUT2D eigenvalue weighted by Gasteiger charge is 2.56. The van der Waals surface area contributed by atoms with Crippen molar-refractivity contribution in [2.45, 2.75) is 61.3 Å². The summed E-state index contributed by atoms with van der Waals surface area (Å²) in [6, 6.07) is 3.94. The van der Waals surface area contributed by atoms with Gasteiger partial charge in [0.25, 0.3) is 0 Å². The average Bonchev–Trinajstić information content (AvgIpc) is 3.07. The Morgan fingerprint density at radius 3 is 2.34 bits per heavy atom. The van der Waals surface area contributed by atoms with Crippen LogP contribution in [-0.4, -0.2) is 26.6 Å². The minimum absolute atomic E-state index is 0.623. The molecule has 0 spiro atoms. The van der Waals surface area contributed by atoms with Crippen molar-refractivity contribution in [1.29, 1.82) is 0 Å². The lowest BCUT2D eigenvalue weighted by atomic mass is 9.84. The second kappa shape index (κ2) is 6.51. The summed E-state index contributed by atoms with van der Waals surface area (Å²) < 4.78 is 34.8. The lowest BCUT2D eigenvalue weighted by molar-refractivity contribution is -0.363. The van der Waals surface area contributed by atoms with Crippen LogP contribution < -0.4 is 0 Å². The fourth-order valence-corrected chi connectivity index (χ4v) is 5.39. The van der Waals surface area contributed by atoms with Gasteiger partial charge in [0.05, 0.1) is 11.3 Å². The van der Waals surface area contributed by atoms with E-state index in [0.717, 1.165) is 51.9 Å². The fourth-order valence-electron chi connectivity index (χ4n) is 5.39. The summed E-state index contributed by atoms with van der Waals surface area (Å²) in [6.45, 7) is 9.68. The standard InChI is InChI=1S/C23H28BF2N3/c1-8-18-14(4)22-21(20-12-13(3)10-11-27-20)23-15(5)19(9-2)17(7)29(23)24(25,26)28(22)16(18)6/h10-12H,8-9H2,1-7H3. The van der Waals surface area contributed by atoms with Crippen molar-refractivity contribution in [1.82, 2.24) is 9.46 Å². The molecule has 152 valence electrons. The minimum Gasteiger partial charge on any atom is -0.393 e. The molecule has 0 radical (unpaired) electrons. The van der Waals surface area contributed by atoms with E-state index < -0.39 is 6.97 Å². The highest BCUT2D eigenvalue weighted by atomic mass is 19.2. The van der Waals surface area contributed by atoms with Crippen LogP contribution in [0.25, 0.3) is 5.57 Å². The van der Waals surface area contributed by atoms with Crippen molar-refractivity contribution < 1.29 is 13.1 Å². The number of aromatic nitrogens is 2. The summed E-state index contributed by atoms with van der Waals surface area (Å²) in [5, 5.41) is 0. The first-order valence-corrected chi connectivity index (χ1v) is 10.4. The highest BCUT2D eigenvalue weighted by molar-refractivity contribution is 6.58. The van der Waals surface area contributed by atoms with E-state index in [9.17, 15) is 0 Å². The van der Waals surface area contributed by atoms with Crippen LogP contribution in [0.4, 0.5) is 8.63 Å². The maximum Gasteiger partial charge on any atom is 0.737 e. The number of hydrogen-bond acceptors (Lipinski definition) is 1. The lowest BCUT2D eigenvalue weighted by Crippen LogP contribution is -2.51. The van der Waals surface area contributed by atoms with Gasteiger partial charge in [0, 0.05) is 30.0 Å². The molecule has 0 aliphatic carbocycles. The van der Waals surface area contributed by atoms with E-state index >= 15 is 8.63 Å². The molecule has 0 N–H and O–H groups in total. The van der Waals surface area contributed by atoms with Crippen molar-refractivity contribution in [3.8, 4) is 0 Å². The zero-order valence-corrected chi connectivity index (χ0v) is 18.3. The molecule has 4 heterocycles. The van der Waals surface area contributed by atoms with Crippen molar-refractivity contribution in [2.75, 3.05) is 0 Å². The number of hydrogen-bond donors (Lipinski definition) is 0.